The Hall–Kier alpha value is -1.33. The molecule has 6 aliphatic rings. The summed E-state index contributed by atoms with van der Waals surface area (Å²) in [4.78, 5) is 0. The van der Waals surface area contributed by atoms with Crippen molar-refractivity contribution in [3.05, 3.63) is 103 Å². The molecule has 0 saturated heterocycles. The average Bonchev–Trinajstić information content (AvgIpc) is 2.98. The molecule has 3 aromatic rings. The van der Waals surface area contributed by atoms with Gasteiger partial charge in [-0.1, -0.05) is 142 Å². The molecule has 0 unspecified atom stereocenters. The highest BCUT2D eigenvalue weighted by Gasteiger charge is 2.58. The second-order valence-electron chi connectivity index (χ2n) is 20.1. The van der Waals surface area contributed by atoms with Gasteiger partial charge in [-0.05, 0) is 138 Å². The molecule has 0 saturated carbocycles. The van der Waals surface area contributed by atoms with Crippen LogP contribution in [0.4, 0.5) is 0 Å². The van der Waals surface area contributed by atoms with Gasteiger partial charge in [-0.15, -0.1) is 0 Å². The molecular weight excluding hydrogens is 630 g/mol. The van der Waals surface area contributed by atoms with Crippen molar-refractivity contribution < 1.29 is 0 Å². The Balaban J connectivity index is 1.55. The highest BCUT2D eigenvalue weighted by molar-refractivity contribution is 8.04. The summed E-state index contributed by atoms with van der Waals surface area (Å²) in [5, 5.41) is -0.570. The second kappa shape index (κ2) is 9.51. The fraction of sp³-hybridized carbons (Fsp3) is 0.591. The summed E-state index contributed by atoms with van der Waals surface area (Å²) in [6.07, 6.45) is 7.21. The van der Waals surface area contributed by atoms with E-state index in [1.165, 1.54) is 105 Å². The third-order valence-corrected chi connectivity index (χ3v) is 17.2. The molecule has 0 N–H and O–H groups in total. The predicted octanol–water partition coefficient (Wildman–Crippen LogP) is 13.6. The van der Waals surface area contributed by atoms with E-state index in [4.69, 9.17) is 22.5 Å². The molecule has 0 atom stereocenters. The van der Waals surface area contributed by atoms with Crippen molar-refractivity contribution in [1.82, 2.24) is 0 Å². The van der Waals surface area contributed by atoms with Gasteiger partial charge in [0.1, 0.15) is 6.63 Å². The van der Waals surface area contributed by atoms with Gasteiger partial charge in [-0.3, -0.25) is 0 Å². The van der Waals surface area contributed by atoms with Crippen molar-refractivity contribution in [2.75, 3.05) is 0 Å². The van der Waals surface area contributed by atoms with E-state index in [1.54, 1.807) is 0 Å². The molecule has 0 amide bonds. The van der Waals surface area contributed by atoms with Gasteiger partial charge in [0.2, 0.25) is 0 Å². The van der Waals surface area contributed by atoms with E-state index in [0.717, 1.165) is 0 Å². The third-order valence-electron chi connectivity index (χ3n) is 14.4. The lowest BCUT2D eigenvalue weighted by Gasteiger charge is -2.55. The maximum atomic E-state index is 7.68. The summed E-state index contributed by atoms with van der Waals surface area (Å²) in [7, 11) is 0. The number of hydrogen-bond acceptors (Lipinski definition) is 0. The van der Waals surface area contributed by atoms with E-state index in [2.05, 4.69) is 119 Å². The topological polar surface area (TPSA) is 0 Å². The summed E-state index contributed by atoms with van der Waals surface area (Å²) in [6, 6.07) is 15.8. The van der Waals surface area contributed by atoms with Crippen LogP contribution in [0.25, 0.3) is 0 Å². The molecule has 0 nitrogen and oxygen atoms in total. The second-order valence-corrected chi connectivity index (χ2v) is 23.8. The van der Waals surface area contributed by atoms with Gasteiger partial charge >= 0.3 is 0 Å². The Morgan fingerprint density at radius 3 is 0.809 bits per heavy atom. The molecule has 47 heavy (non-hydrogen) atoms. The van der Waals surface area contributed by atoms with Crippen LogP contribution in [0, 0.1) is 0 Å². The zero-order chi connectivity index (χ0) is 34.1. The SMILES string of the molecule is CC1(C)CCC(C)(C)c2cc3c(cc21)C1c2cc4c(cc2C3(P(Cl)Cl)c2cc3c(cc21)C(C)(C)CCC3(C)C)C(C)(C)CCC4(C)C. The molecule has 0 radical (unpaired) electrons. The third kappa shape index (κ3) is 4.17. The molecule has 6 aliphatic carbocycles. The van der Waals surface area contributed by atoms with E-state index in [9.17, 15) is 0 Å². The quantitative estimate of drug-likeness (QED) is 0.224. The Morgan fingerprint density at radius 2 is 0.596 bits per heavy atom. The Kier molecular flexibility index (Phi) is 6.64. The number of benzene rings is 3. The summed E-state index contributed by atoms with van der Waals surface area (Å²) in [5.41, 5.74) is 18.4. The molecule has 0 aliphatic heterocycles. The van der Waals surface area contributed by atoms with Crippen LogP contribution in [-0.4, -0.2) is 0 Å². The Morgan fingerprint density at radius 1 is 0.383 bits per heavy atom. The van der Waals surface area contributed by atoms with Crippen LogP contribution in [-0.2, 0) is 37.6 Å². The lowest BCUT2D eigenvalue weighted by atomic mass is 9.53. The molecule has 3 heteroatoms. The lowest BCUT2D eigenvalue weighted by molar-refractivity contribution is 0.328. The van der Waals surface area contributed by atoms with Crippen molar-refractivity contribution >= 4 is 29.1 Å². The lowest BCUT2D eigenvalue weighted by Crippen LogP contribution is -2.44. The minimum Gasteiger partial charge on any atom is -0.0764 e. The Bertz CT molecular complexity index is 1670. The fourth-order valence-corrected chi connectivity index (χ4v) is 13.5. The van der Waals surface area contributed by atoms with Crippen LogP contribution in [0.3, 0.4) is 0 Å². The first-order valence-corrected chi connectivity index (χ1v) is 21.4. The van der Waals surface area contributed by atoms with Crippen LogP contribution in [0.1, 0.15) is 194 Å². The zero-order valence-electron chi connectivity index (χ0n) is 31.0. The van der Waals surface area contributed by atoms with E-state index in [-0.39, 0.29) is 38.4 Å². The van der Waals surface area contributed by atoms with Crippen LogP contribution in [0.2, 0.25) is 0 Å². The monoisotopic (exact) mass is 684 g/mol. The fourth-order valence-electron chi connectivity index (χ4n) is 10.8. The van der Waals surface area contributed by atoms with Gasteiger partial charge in [-0.25, -0.2) is 0 Å². The molecule has 0 spiro atoms. The molecule has 0 fully saturated rings. The van der Waals surface area contributed by atoms with Gasteiger partial charge in [0.05, 0.1) is 5.16 Å². The number of hydrogen-bond donors (Lipinski definition) is 0. The van der Waals surface area contributed by atoms with Gasteiger partial charge in [0.25, 0.3) is 0 Å². The summed E-state index contributed by atoms with van der Waals surface area (Å²) in [5.74, 6) is 0.184. The zero-order valence-corrected chi connectivity index (χ0v) is 33.4. The van der Waals surface area contributed by atoms with Crippen LogP contribution >= 0.6 is 29.1 Å². The molecule has 250 valence electrons. The van der Waals surface area contributed by atoms with Crippen molar-refractivity contribution in [2.24, 2.45) is 0 Å². The first-order valence-electron chi connectivity index (χ1n) is 18.3. The molecule has 2 bridgehead atoms. The standard InChI is InChI=1S/C44H55Cl2P/c1-38(2)13-16-41(7,8)34-22-28-25(19-31(34)38)37-26-20-32-35(42(9,10)17-14-39(32,3)4)23-29(26)44(28,47(45)46)30-24-36-33(21-27(30)37)40(5,6)15-18-43(36,11)12/h19-24,37H,13-18H2,1-12H3. The van der Waals surface area contributed by atoms with Crippen LogP contribution in [0.15, 0.2) is 36.4 Å². The summed E-state index contributed by atoms with van der Waals surface area (Å²) < 4.78 is 0. The minimum absolute atomic E-state index is 0.106. The smallest absolute Gasteiger partial charge is 0.0764 e. The van der Waals surface area contributed by atoms with Crippen molar-refractivity contribution in [3.63, 3.8) is 0 Å². The number of halogens is 2. The first kappa shape index (κ1) is 32.9. The van der Waals surface area contributed by atoms with E-state index < -0.39 is 11.8 Å². The van der Waals surface area contributed by atoms with Crippen LogP contribution < -0.4 is 0 Å². The molecule has 9 rings (SSSR count). The van der Waals surface area contributed by atoms with E-state index >= 15 is 0 Å². The molecule has 3 aromatic carbocycles. The maximum absolute atomic E-state index is 7.68. The normalized spacial score (nSPS) is 28.8. The van der Waals surface area contributed by atoms with Crippen LogP contribution in [0.5, 0.6) is 0 Å². The molecule has 0 aromatic heterocycles. The van der Waals surface area contributed by atoms with E-state index in [0.29, 0.717) is 0 Å². The van der Waals surface area contributed by atoms with Gasteiger partial charge in [-0.2, -0.15) is 0 Å². The predicted molar refractivity (Wildman–Crippen MR) is 205 cm³/mol. The summed E-state index contributed by atoms with van der Waals surface area (Å²) >= 11 is 15.4. The number of rotatable bonds is 1. The van der Waals surface area contributed by atoms with E-state index in [1.807, 2.05) is 0 Å². The highest BCUT2D eigenvalue weighted by atomic mass is 35.9. The number of fused-ring (bicyclic) bond motifs is 3. The minimum atomic E-state index is -1.48. The average molecular weight is 686 g/mol. The summed E-state index contributed by atoms with van der Waals surface area (Å²) in [6.45, 7) is 28.0. The molecule has 0 heterocycles. The van der Waals surface area contributed by atoms with Gasteiger partial charge in [0.15, 0.2) is 0 Å². The largest absolute Gasteiger partial charge is 0.105 e. The van der Waals surface area contributed by atoms with Crippen molar-refractivity contribution in [3.8, 4) is 0 Å². The first-order chi connectivity index (χ1) is 21.6. The van der Waals surface area contributed by atoms with Crippen molar-refractivity contribution in [1.29, 1.82) is 0 Å². The highest BCUT2D eigenvalue weighted by Crippen LogP contribution is 2.77. The van der Waals surface area contributed by atoms with Gasteiger partial charge in [0, 0.05) is 5.92 Å². The Labute approximate surface area is 296 Å². The van der Waals surface area contributed by atoms with Crippen molar-refractivity contribution in [2.45, 2.75) is 165 Å². The van der Waals surface area contributed by atoms with Gasteiger partial charge < -0.3 is 0 Å². The molecular formula is C44H55Cl2P. The maximum Gasteiger partial charge on any atom is 0.105 e.